The lowest BCUT2D eigenvalue weighted by molar-refractivity contribution is -0.139. The van der Waals surface area contributed by atoms with Crippen molar-refractivity contribution in [2.45, 2.75) is 64.9 Å². The highest BCUT2D eigenvalue weighted by atomic mass is 32.2. The van der Waals surface area contributed by atoms with E-state index in [1.807, 2.05) is 70.2 Å². The van der Waals surface area contributed by atoms with Gasteiger partial charge in [-0.1, -0.05) is 74.0 Å². The summed E-state index contributed by atoms with van der Waals surface area (Å²) in [5, 5.41) is 3.05. The first-order valence-electron chi connectivity index (χ1n) is 10.7. The standard InChI is InChI=1S/C25H34N2O2S/c1-5-20(4)26-25(29)23(6-2)27(16-21-14-12-19(3)13-15-21)24(28)18-30-17-22-10-8-7-9-11-22/h7-15,20,23H,5-6,16-18H2,1-4H3,(H,26,29)/t20-,23-/m1/s1. The number of rotatable bonds is 11. The fourth-order valence-electron chi connectivity index (χ4n) is 3.16. The van der Waals surface area contributed by atoms with Gasteiger partial charge in [0.1, 0.15) is 6.04 Å². The van der Waals surface area contributed by atoms with Gasteiger partial charge < -0.3 is 10.2 Å². The molecule has 0 aromatic heterocycles. The van der Waals surface area contributed by atoms with Crippen LogP contribution in [0.25, 0.3) is 0 Å². The first kappa shape index (κ1) is 24.0. The molecule has 4 nitrogen and oxygen atoms in total. The largest absolute Gasteiger partial charge is 0.352 e. The van der Waals surface area contributed by atoms with Crippen LogP contribution < -0.4 is 5.32 Å². The average Bonchev–Trinajstić information content (AvgIpc) is 2.75. The highest BCUT2D eigenvalue weighted by Gasteiger charge is 2.29. The second kappa shape index (κ2) is 12.4. The van der Waals surface area contributed by atoms with Gasteiger partial charge in [-0.25, -0.2) is 0 Å². The van der Waals surface area contributed by atoms with Crippen LogP contribution in [-0.4, -0.2) is 34.6 Å². The number of carbonyl (C=O) groups is 2. The quantitative estimate of drug-likeness (QED) is 0.553. The summed E-state index contributed by atoms with van der Waals surface area (Å²) < 4.78 is 0. The first-order chi connectivity index (χ1) is 14.4. The summed E-state index contributed by atoms with van der Waals surface area (Å²) in [5.41, 5.74) is 3.41. The Morgan fingerprint density at radius 1 is 0.967 bits per heavy atom. The van der Waals surface area contributed by atoms with Gasteiger partial charge in [-0.3, -0.25) is 9.59 Å². The molecule has 0 saturated heterocycles. The summed E-state index contributed by atoms with van der Waals surface area (Å²) in [6.07, 6.45) is 1.45. The molecule has 0 radical (unpaired) electrons. The summed E-state index contributed by atoms with van der Waals surface area (Å²) in [4.78, 5) is 27.9. The van der Waals surface area contributed by atoms with Gasteiger partial charge in [0.05, 0.1) is 5.75 Å². The van der Waals surface area contributed by atoms with Gasteiger partial charge in [0.2, 0.25) is 11.8 Å². The van der Waals surface area contributed by atoms with Crippen molar-refractivity contribution >= 4 is 23.6 Å². The molecule has 0 aliphatic rings. The van der Waals surface area contributed by atoms with Crippen LogP contribution >= 0.6 is 11.8 Å². The van der Waals surface area contributed by atoms with Crippen LogP contribution in [0.15, 0.2) is 54.6 Å². The maximum atomic E-state index is 13.2. The molecule has 2 aromatic carbocycles. The fraction of sp³-hybridized carbons (Fsp3) is 0.440. The summed E-state index contributed by atoms with van der Waals surface area (Å²) in [6.45, 7) is 8.49. The predicted molar refractivity (Wildman–Crippen MR) is 126 cm³/mol. The number of hydrogen-bond donors (Lipinski definition) is 1. The molecule has 0 heterocycles. The van der Waals surface area contributed by atoms with Crippen molar-refractivity contribution in [2.75, 3.05) is 5.75 Å². The van der Waals surface area contributed by atoms with E-state index in [0.29, 0.717) is 18.7 Å². The van der Waals surface area contributed by atoms with Crippen LogP contribution in [0.2, 0.25) is 0 Å². The molecule has 0 aliphatic heterocycles. The van der Waals surface area contributed by atoms with E-state index in [1.54, 1.807) is 16.7 Å². The molecule has 2 rings (SSSR count). The smallest absolute Gasteiger partial charge is 0.243 e. The average molecular weight is 427 g/mol. The van der Waals surface area contributed by atoms with Crippen molar-refractivity contribution in [1.29, 1.82) is 0 Å². The molecule has 2 aromatic rings. The molecule has 30 heavy (non-hydrogen) atoms. The lowest BCUT2D eigenvalue weighted by Gasteiger charge is -2.31. The number of benzene rings is 2. The molecule has 0 unspecified atom stereocenters. The number of thioether (sulfide) groups is 1. The van der Waals surface area contributed by atoms with Gasteiger partial charge in [0.15, 0.2) is 0 Å². The number of nitrogens with one attached hydrogen (secondary N) is 1. The third-order valence-corrected chi connectivity index (χ3v) is 6.19. The molecule has 0 bridgehead atoms. The van der Waals surface area contributed by atoms with Crippen molar-refractivity contribution in [2.24, 2.45) is 0 Å². The maximum Gasteiger partial charge on any atom is 0.243 e. The minimum atomic E-state index is -0.467. The van der Waals surface area contributed by atoms with Crippen LogP contribution in [0.4, 0.5) is 0 Å². The van der Waals surface area contributed by atoms with Crippen molar-refractivity contribution in [1.82, 2.24) is 10.2 Å². The van der Waals surface area contributed by atoms with E-state index < -0.39 is 6.04 Å². The molecule has 1 N–H and O–H groups in total. The molecule has 2 atom stereocenters. The van der Waals surface area contributed by atoms with Crippen LogP contribution in [0.5, 0.6) is 0 Å². The summed E-state index contributed by atoms with van der Waals surface area (Å²) in [6, 6.07) is 17.9. The minimum Gasteiger partial charge on any atom is -0.352 e. The molecule has 2 amide bonds. The van der Waals surface area contributed by atoms with Crippen LogP contribution in [0.3, 0.4) is 0 Å². The molecule has 0 saturated carbocycles. The zero-order chi connectivity index (χ0) is 21.9. The van der Waals surface area contributed by atoms with E-state index in [1.165, 1.54) is 11.1 Å². The summed E-state index contributed by atoms with van der Waals surface area (Å²) >= 11 is 1.59. The zero-order valence-corrected chi connectivity index (χ0v) is 19.4. The van der Waals surface area contributed by atoms with Crippen molar-refractivity contribution in [3.8, 4) is 0 Å². The van der Waals surface area contributed by atoms with Gasteiger partial charge in [-0.2, -0.15) is 0 Å². The Bertz CT molecular complexity index is 793. The lowest BCUT2D eigenvalue weighted by Crippen LogP contribution is -2.51. The third-order valence-electron chi connectivity index (χ3n) is 5.20. The van der Waals surface area contributed by atoms with E-state index in [-0.39, 0.29) is 17.9 Å². The molecule has 0 spiro atoms. The third kappa shape index (κ3) is 7.52. The van der Waals surface area contributed by atoms with E-state index >= 15 is 0 Å². The predicted octanol–water partition coefficient (Wildman–Crippen LogP) is 4.95. The summed E-state index contributed by atoms with van der Waals surface area (Å²) in [5.74, 6) is 1.07. The molecule has 0 fully saturated rings. The van der Waals surface area contributed by atoms with Crippen molar-refractivity contribution in [3.05, 3.63) is 71.3 Å². The summed E-state index contributed by atoms with van der Waals surface area (Å²) in [7, 11) is 0. The van der Waals surface area contributed by atoms with E-state index in [0.717, 1.165) is 17.7 Å². The number of nitrogens with zero attached hydrogens (tertiary/aromatic N) is 1. The van der Waals surface area contributed by atoms with Gasteiger partial charge >= 0.3 is 0 Å². The van der Waals surface area contributed by atoms with E-state index in [9.17, 15) is 9.59 Å². The molecule has 162 valence electrons. The normalized spacial score (nSPS) is 12.8. The molecule has 5 heteroatoms. The Kier molecular flexibility index (Phi) is 9.95. The maximum absolute atomic E-state index is 13.2. The SMILES string of the molecule is CC[C@@H](C)NC(=O)[C@@H](CC)N(Cc1ccc(C)cc1)C(=O)CSCc1ccccc1. The fourth-order valence-corrected chi connectivity index (χ4v) is 4.03. The number of amides is 2. The van der Waals surface area contributed by atoms with Crippen LogP contribution in [-0.2, 0) is 21.9 Å². The van der Waals surface area contributed by atoms with Gasteiger partial charge in [-0.15, -0.1) is 11.8 Å². The molecular formula is C25H34N2O2S. The second-order valence-electron chi connectivity index (χ2n) is 7.73. The van der Waals surface area contributed by atoms with Gasteiger partial charge in [-0.05, 0) is 37.8 Å². The van der Waals surface area contributed by atoms with E-state index in [4.69, 9.17) is 0 Å². The van der Waals surface area contributed by atoms with Crippen molar-refractivity contribution in [3.63, 3.8) is 0 Å². The lowest BCUT2D eigenvalue weighted by atomic mass is 10.1. The Balaban J connectivity index is 2.12. The van der Waals surface area contributed by atoms with Crippen LogP contribution in [0, 0.1) is 6.92 Å². The van der Waals surface area contributed by atoms with E-state index in [2.05, 4.69) is 17.4 Å². The van der Waals surface area contributed by atoms with Crippen LogP contribution in [0.1, 0.15) is 50.3 Å². The van der Waals surface area contributed by atoms with Gasteiger partial charge in [0, 0.05) is 18.3 Å². The van der Waals surface area contributed by atoms with Crippen molar-refractivity contribution < 1.29 is 9.59 Å². The Hall–Kier alpha value is -2.27. The Morgan fingerprint density at radius 2 is 1.63 bits per heavy atom. The molecule has 0 aliphatic carbocycles. The highest BCUT2D eigenvalue weighted by molar-refractivity contribution is 7.99. The zero-order valence-electron chi connectivity index (χ0n) is 18.6. The Morgan fingerprint density at radius 3 is 2.23 bits per heavy atom. The second-order valence-corrected chi connectivity index (χ2v) is 8.71. The number of hydrogen-bond acceptors (Lipinski definition) is 3. The number of aryl methyl sites for hydroxylation is 1. The monoisotopic (exact) mass is 426 g/mol. The van der Waals surface area contributed by atoms with Gasteiger partial charge in [0.25, 0.3) is 0 Å². The number of carbonyl (C=O) groups excluding carboxylic acids is 2. The molecular weight excluding hydrogens is 392 g/mol. The highest BCUT2D eigenvalue weighted by Crippen LogP contribution is 2.18. The topological polar surface area (TPSA) is 49.4 Å². The first-order valence-corrected chi connectivity index (χ1v) is 11.9. The minimum absolute atomic E-state index is 0.00246. The Labute approximate surface area is 185 Å².